The number of hydrogen-bond donors (Lipinski definition) is 3. The van der Waals surface area contributed by atoms with Crippen molar-refractivity contribution in [1.29, 1.82) is 0 Å². The summed E-state index contributed by atoms with van der Waals surface area (Å²) in [5, 5.41) is 8.46. The Bertz CT molecular complexity index is 1490. The van der Waals surface area contributed by atoms with Crippen LogP contribution in [0.25, 0.3) is 38.9 Å². The molecule has 9 heteroatoms. The van der Waals surface area contributed by atoms with Gasteiger partial charge in [0.25, 0.3) is 0 Å². The molecule has 0 saturated heterocycles. The van der Waals surface area contributed by atoms with Crippen LogP contribution in [0.15, 0.2) is 51.9 Å². The van der Waals surface area contributed by atoms with Gasteiger partial charge in [-0.1, -0.05) is 12.1 Å². The van der Waals surface area contributed by atoms with Crippen LogP contribution >= 0.6 is 15.9 Å². The highest BCUT2D eigenvalue weighted by molar-refractivity contribution is 9.10. The van der Waals surface area contributed by atoms with E-state index in [0.717, 1.165) is 39.6 Å². The first-order chi connectivity index (χ1) is 15.0. The molecule has 0 aliphatic heterocycles. The highest BCUT2D eigenvalue weighted by Crippen LogP contribution is 2.35. The molecule has 3 heterocycles. The Morgan fingerprint density at radius 1 is 1.23 bits per heavy atom. The number of aromatic nitrogens is 5. The molecular weight excluding hydrogens is 463 g/mol. The predicted molar refractivity (Wildman–Crippen MR) is 123 cm³/mol. The van der Waals surface area contributed by atoms with Crippen LogP contribution in [0.3, 0.4) is 0 Å². The maximum absolute atomic E-state index is 14.0. The van der Waals surface area contributed by atoms with Crippen LogP contribution < -0.4 is 11.4 Å². The minimum Gasteiger partial charge on any atom is -0.358 e. The van der Waals surface area contributed by atoms with Crippen molar-refractivity contribution in [1.82, 2.24) is 24.3 Å². The molecule has 0 aliphatic carbocycles. The predicted octanol–water partition coefficient (Wildman–Crippen LogP) is 4.22. The molecule has 0 atom stereocenters. The van der Waals surface area contributed by atoms with Gasteiger partial charge < -0.3 is 15.3 Å². The summed E-state index contributed by atoms with van der Waals surface area (Å²) in [5.74, 6) is 0.0803. The van der Waals surface area contributed by atoms with Crippen LogP contribution in [0.2, 0.25) is 0 Å². The Balaban J connectivity index is 1.81. The Labute approximate surface area is 184 Å². The van der Waals surface area contributed by atoms with Crippen molar-refractivity contribution in [3.8, 4) is 17.1 Å². The van der Waals surface area contributed by atoms with Gasteiger partial charge in [0.15, 0.2) is 5.82 Å². The molecule has 7 nitrogen and oxygen atoms in total. The quantitative estimate of drug-likeness (QED) is 0.349. The van der Waals surface area contributed by atoms with Gasteiger partial charge in [0.2, 0.25) is 0 Å². The SMILES string of the molecule is Cc1[nH]c2ccc(F)cc2c1-c1n[nH]c(=O)n1-c1cn(CCCN)c2c(Br)cccc12. The van der Waals surface area contributed by atoms with Crippen LogP contribution in [0.5, 0.6) is 0 Å². The molecule has 0 fully saturated rings. The normalized spacial score (nSPS) is 11.7. The number of benzene rings is 2. The number of aryl methyl sites for hydroxylation is 2. The van der Waals surface area contributed by atoms with Gasteiger partial charge in [-0.2, -0.15) is 5.10 Å². The van der Waals surface area contributed by atoms with E-state index in [0.29, 0.717) is 29.0 Å². The molecule has 3 aromatic heterocycles. The number of aromatic amines is 2. The molecule has 2 aromatic carbocycles. The van der Waals surface area contributed by atoms with Crippen molar-refractivity contribution >= 4 is 37.7 Å². The van der Waals surface area contributed by atoms with E-state index in [1.807, 2.05) is 31.3 Å². The lowest BCUT2D eigenvalue weighted by molar-refractivity contribution is 0.630. The first kappa shape index (κ1) is 19.8. The average Bonchev–Trinajstić information content (AvgIpc) is 3.39. The highest BCUT2D eigenvalue weighted by Gasteiger charge is 2.22. The van der Waals surface area contributed by atoms with Gasteiger partial charge in [-0.25, -0.2) is 18.9 Å². The lowest BCUT2D eigenvalue weighted by Gasteiger charge is -2.05. The van der Waals surface area contributed by atoms with Crippen LogP contribution in [0.1, 0.15) is 12.1 Å². The third-order valence-corrected chi connectivity index (χ3v) is 6.16. The van der Waals surface area contributed by atoms with Gasteiger partial charge in [-0.15, -0.1) is 0 Å². The zero-order chi connectivity index (χ0) is 21.7. The largest absolute Gasteiger partial charge is 0.358 e. The van der Waals surface area contributed by atoms with Crippen molar-refractivity contribution in [3.05, 3.63) is 69.1 Å². The topological polar surface area (TPSA) is 97.4 Å². The van der Waals surface area contributed by atoms with Crippen molar-refractivity contribution < 1.29 is 4.39 Å². The fourth-order valence-corrected chi connectivity index (χ4v) is 4.78. The standard InChI is InChI=1S/C22H20BrFN6O/c1-12-19(15-10-13(24)6-7-17(15)26-12)21-27-28-22(31)30(21)18-11-29(9-3-8-25)20-14(18)4-2-5-16(20)23/h2,4-7,10-11,26H,3,8-9,25H2,1H3,(H,28,31). The van der Waals surface area contributed by atoms with Gasteiger partial charge >= 0.3 is 5.69 Å². The molecule has 0 unspecified atom stereocenters. The smallest absolute Gasteiger partial charge is 0.348 e. The molecule has 5 rings (SSSR count). The summed E-state index contributed by atoms with van der Waals surface area (Å²) in [6.45, 7) is 3.17. The molecule has 0 spiro atoms. The third-order valence-electron chi connectivity index (χ3n) is 5.52. The van der Waals surface area contributed by atoms with Gasteiger partial charge in [0.1, 0.15) is 5.82 Å². The second-order valence-corrected chi connectivity index (χ2v) is 8.34. The molecule has 158 valence electrons. The van der Waals surface area contributed by atoms with E-state index in [-0.39, 0.29) is 11.5 Å². The lowest BCUT2D eigenvalue weighted by atomic mass is 10.1. The summed E-state index contributed by atoms with van der Waals surface area (Å²) >= 11 is 3.63. The number of nitrogens with two attached hydrogens (primary N) is 1. The van der Waals surface area contributed by atoms with Crippen LogP contribution in [-0.2, 0) is 6.54 Å². The fraction of sp³-hybridized carbons (Fsp3) is 0.182. The van der Waals surface area contributed by atoms with Crippen molar-refractivity contribution in [2.75, 3.05) is 6.54 Å². The number of nitrogens with one attached hydrogen (secondary N) is 2. The van der Waals surface area contributed by atoms with Crippen LogP contribution in [0.4, 0.5) is 4.39 Å². The second-order valence-electron chi connectivity index (χ2n) is 7.49. The minimum atomic E-state index is -0.363. The lowest BCUT2D eigenvalue weighted by Crippen LogP contribution is -2.15. The fourth-order valence-electron chi connectivity index (χ4n) is 4.19. The molecule has 0 amide bonds. The van der Waals surface area contributed by atoms with E-state index in [9.17, 15) is 9.18 Å². The first-order valence-corrected chi connectivity index (χ1v) is 10.7. The average molecular weight is 483 g/mol. The van der Waals surface area contributed by atoms with E-state index in [1.54, 1.807) is 10.6 Å². The first-order valence-electron chi connectivity index (χ1n) is 9.93. The molecule has 31 heavy (non-hydrogen) atoms. The number of fused-ring (bicyclic) bond motifs is 2. The molecule has 0 saturated carbocycles. The van der Waals surface area contributed by atoms with Crippen molar-refractivity contribution in [2.24, 2.45) is 5.73 Å². The molecule has 0 bridgehead atoms. The zero-order valence-corrected chi connectivity index (χ0v) is 18.3. The van der Waals surface area contributed by atoms with E-state index >= 15 is 0 Å². The molecule has 0 radical (unpaired) electrons. The van der Waals surface area contributed by atoms with Gasteiger partial charge in [0.05, 0.1) is 11.2 Å². The Kier molecular flexibility index (Phi) is 4.79. The minimum absolute atomic E-state index is 0.348. The van der Waals surface area contributed by atoms with Crippen molar-refractivity contribution in [2.45, 2.75) is 19.9 Å². The third kappa shape index (κ3) is 3.12. The van der Waals surface area contributed by atoms with Crippen LogP contribution in [0, 0.1) is 12.7 Å². The van der Waals surface area contributed by atoms with E-state index in [1.165, 1.54) is 12.1 Å². The monoisotopic (exact) mass is 482 g/mol. The zero-order valence-electron chi connectivity index (χ0n) is 16.7. The van der Waals surface area contributed by atoms with Gasteiger partial charge in [-0.05, 0) is 60.1 Å². The number of hydrogen-bond acceptors (Lipinski definition) is 3. The maximum Gasteiger partial charge on any atom is 0.348 e. The summed E-state index contributed by atoms with van der Waals surface area (Å²) in [4.78, 5) is 16.2. The Hall–Kier alpha value is -3.17. The molecule has 5 aromatic rings. The van der Waals surface area contributed by atoms with E-state index < -0.39 is 0 Å². The summed E-state index contributed by atoms with van der Waals surface area (Å²) in [7, 11) is 0. The van der Waals surface area contributed by atoms with Gasteiger partial charge in [-0.3, -0.25) is 0 Å². The van der Waals surface area contributed by atoms with E-state index in [4.69, 9.17) is 5.73 Å². The summed E-state index contributed by atoms with van der Waals surface area (Å²) in [6, 6.07) is 10.4. The Morgan fingerprint density at radius 3 is 2.87 bits per heavy atom. The summed E-state index contributed by atoms with van der Waals surface area (Å²) in [5.41, 5.74) is 9.31. The summed E-state index contributed by atoms with van der Waals surface area (Å²) in [6.07, 6.45) is 2.74. The molecular formula is C22H20BrFN6O. The van der Waals surface area contributed by atoms with Gasteiger partial charge in [0, 0.05) is 44.8 Å². The molecule has 0 aliphatic rings. The van der Waals surface area contributed by atoms with Crippen molar-refractivity contribution in [3.63, 3.8) is 0 Å². The summed E-state index contributed by atoms with van der Waals surface area (Å²) < 4.78 is 18.6. The number of halogens is 2. The van der Waals surface area contributed by atoms with E-state index in [2.05, 4.69) is 35.7 Å². The Morgan fingerprint density at radius 2 is 2.06 bits per heavy atom. The number of rotatable bonds is 5. The highest BCUT2D eigenvalue weighted by atomic mass is 79.9. The maximum atomic E-state index is 14.0. The number of H-pyrrole nitrogens is 2. The number of nitrogens with zero attached hydrogens (tertiary/aromatic N) is 3. The number of para-hydroxylation sites is 1. The molecule has 4 N–H and O–H groups in total. The van der Waals surface area contributed by atoms with Crippen LogP contribution in [-0.4, -0.2) is 30.9 Å². The second kappa shape index (κ2) is 7.51.